The molecule has 1 aromatic rings. The average molecular weight is 377 g/mol. The summed E-state index contributed by atoms with van der Waals surface area (Å²) in [7, 11) is 1.47. The number of carbonyl (C=O) groups excluding carboxylic acids is 4. The molecule has 27 heavy (non-hydrogen) atoms. The van der Waals surface area contributed by atoms with Crippen LogP contribution >= 0.6 is 0 Å². The zero-order valence-electron chi connectivity index (χ0n) is 16.4. The molecule has 0 aromatic heterocycles. The van der Waals surface area contributed by atoms with Crippen LogP contribution in [0.1, 0.15) is 33.3 Å². The fraction of sp³-hybridized carbons (Fsp3) is 0.474. The summed E-state index contributed by atoms with van der Waals surface area (Å²) in [6.45, 7) is 6.40. The molecular formula is C19H27N3O5. The summed E-state index contributed by atoms with van der Waals surface area (Å²) < 4.78 is 4.97. The second-order valence-electron chi connectivity index (χ2n) is 7.26. The zero-order chi connectivity index (χ0) is 20.6. The summed E-state index contributed by atoms with van der Waals surface area (Å²) in [5, 5.41) is 5.38. The van der Waals surface area contributed by atoms with Crippen molar-refractivity contribution in [1.82, 2.24) is 10.2 Å². The lowest BCUT2D eigenvalue weighted by Crippen LogP contribution is -2.46. The lowest BCUT2D eigenvalue weighted by atomic mass is 10.1. The number of anilines is 1. The van der Waals surface area contributed by atoms with Gasteiger partial charge in [-0.05, 0) is 38.5 Å². The van der Waals surface area contributed by atoms with E-state index in [4.69, 9.17) is 4.74 Å². The highest BCUT2D eigenvalue weighted by molar-refractivity contribution is 5.89. The van der Waals surface area contributed by atoms with Gasteiger partial charge in [0.05, 0.1) is 13.0 Å². The molecule has 0 heterocycles. The average Bonchev–Trinajstić information content (AvgIpc) is 2.52. The number of benzene rings is 1. The van der Waals surface area contributed by atoms with Crippen LogP contribution in [0.4, 0.5) is 5.69 Å². The maximum Gasteiger partial charge on any atom is 0.310 e. The number of hydrogen-bond acceptors (Lipinski definition) is 5. The Hall–Kier alpha value is -2.90. The fourth-order valence-electron chi connectivity index (χ4n) is 2.14. The van der Waals surface area contributed by atoms with Gasteiger partial charge in [-0.25, -0.2) is 0 Å². The minimum Gasteiger partial charge on any atom is -0.455 e. The highest BCUT2D eigenvalue weighted by Gasteiger charge is 2.18. The van der Waals surface area contributed by atoms with Gasteiger partial charge in [0.25, 0.3) is 5.91 Å². The van der Waals surface area contributed by atoms with Crippen molar-refractivity contribution in [2.24, 2.45) is 0 Å². The van der Waals surface area contributed by atoms with E-state index in [2.05, 4.69) is 10.6 Å². The molecule has 0 spiro atoms. The first-order chi connectivity index (χ1) is 12.5. The van der Waals surface area contributed by atoms with E-state index in [1.165, 1.54) is 18.9 Å². The first-order valence-corrected chi connectivity index (χ1v) is 8.53. The molecule has 1 aromatic carbocycles. The maximum absolute atomic E-state index is 12.0. The topological polar surface area (TPSA) is 105 Å². The molecule has 0 atom stereocenters. The van der Waals surface area contributed by atoms with Crippen LogP contribution in [0.2, 0.25) is 0 Å². The van der Waals surface area contributed by atoms with Crippen molar-refractivity contribution in [3.05, 3.63) is 29.8 Å². The van der Waals surface area contributed by atoms with Crippen LogP contribution < -0.4 is 10.6 Å². The second-order valence-corrected chi connectivity index (χ2v) is 7.26. The molecule has 0 bridgehead atoms. The molecule has 8 nitrogen and oxygen atoms in total. The Labute approximate surface area is 159 Å². The van der Waals surface area contributed by atoms with Crippen LogP contribution in [0.15, 0.2) is 24.3 Å². The summed E-state index contributed by atoms with van der Waals surface area (Å²) in [6.07, 6.45) is 0.00184. The van der Waals surface area contributed by atoms with Crippen molar-refractivity contribution in [1.29, 1.82) is 0 Å². The van der Waals surface area contributed by atoms with Crippen LogP contribution in [0.3, 0.4) is 0 Å². The molecule has 148 valence electrons. The van der Waals surface area contributed by atoms with E-state index >= 15 is 0 Å². The molecule has 0 saturated carbocycles. The number of hydrogen-bond donors (Lipinski definition) is 2. The quantitative estimate of drug-likeness (QED) is 0.693. The Morgan fingerprint density at radius 3 is 2.19 bits per heavy atom. The largest absolute Gasteiger partial charge is 0.455 e. The SMILES string of the molecule is CC(=O)Nc1ccc(CC(=O)OCC(=O)N(C)CC(=O)NC(C)(C)C)cc1. The number of amides is 3. The summed E-state index contributed by atoms with van der Waals surface area (Å²) in [6, 6.07) is 6.74. The predicted octanol–water partition coefficient (Wildman–Crippen LogP) is 1.10. The lowest BCUT2D eigenvalue weighted by Gasteiger charge is -2.23. The molecule has 8 heteroatoms. The van der Waals surface area contributed by atoms with E-state index in [0.717, 1.165) is 0 Å². The van der Waals surface area contributed by atoms with Gasteiger partial charge < -0.3 is 20.3 Å². The van der Waals surface area contributed by atoms with Crippen molar-refractivity contribution in [2.75, 3.05) is 25.5 Å². The Bertz CT molecular complexity index is 692. The van der Waals surface area contributed by atoms with Gasteiger partial charge in [-0.1, -0.05) is 12.1 Å². The van der Waals surface area contributed by atoms with Crippen LogP contribution in [-0.2, 0) is 30.3 Å². The third-order valence-corrected chi connectivity index (χ3v) is 3.30. The summed E-state index contributed by atoms with van der Waals surface area (Å²) in [5.41, 5.74) is 0.938. The van der Waals surface area contributed by atoms with Crippen molar-refractivity contribution in [3.63, 3.8) is 0 Å². The second kappa shape index (κ2) is 9.70. The van der Waals surface area contributed by atoms with E-state index in [9.17, 15) is 19.2 Å². The molecule has 0 fully saturated rings. The monoisotopic (exact) mass is 377 g/mol. The minimum absolute atomic E-state index is 0.00184. The highest BCUT2D eigenvalue weighted by atomic mass is 16.5. The molecule has 3 amide bonds. The third-order valence-electron chi connectivity index (χ3n) is 3.30. The Morgan fingerprint density at radius 2 is 1.67 bits per heavy atom. The molecule has 0 aliphatic heterocycles. The van der Waals surface area contributed by atoms with Crippen molar-refractivity contribution < 1.29 is 23.9 Å². The van der Waals surface area contributed by atoms with E-state index in [-0.39, 0.29) is 30.3 Å². The van der Waals surface area contributed by atoms with E-state index < -0.39 is 18.5 Å². The standard InChI is InChI=1S/C19H27N3O5/c1-13(23)20-15-8-6-14(7-9-15)10-18(26)27-12-17(25)22(5)11-16(24)21-19(2,3)4/h6-9H,10-12H2,1-5H3,(H,20,23)(H,21,24). The minimum atomic E-state index is -0.553. The Morgan fingerprint density at radius 1 is 1.07 bits per heavy atom. The van der Waals surface area contributed by atoms with Crippen LogP contribution in [0.5, 0.6) is 0 Å². The molecule has 0 unspecified atom stereocenters. The number of rotatable bonds is 7. The van der Waals surface area contributed by atoms with Crippen LogP contribution in [0.25, 0.3) is 0 Å². The van der Waals surface area contributed by atoms with Gasteiger partial charge in [0.2, 0.25) is 11.8 Å². The van der Waals surface area contributed by atoms with E-state index in [1.54, 1.807) is 24.3 Å². The van der Waals surface area contributed by atoms with Gasteiger partial charge >= 0.3 is 5.97 Å². The smallest absolute Gasteiger partial charge is 0.310 e. The number of likely N-dealkylation sites (N-methyl/N-ethyl adjacent to an activating group) is 1. The van der Waals surface area contributed by atoms with Gasteiger partial charge in [0.15, 0.2) is 6.61 Å². The first-order valence-electron chi connectivity index (χ1n) is 8.53. The molecule has 2 N–H and O–H groups in total. The Kier molecular flexibility index (Phi) is 7.96. The van der Waals surface area contributed by atoms with Crippen molar-refractivity contribution >= 4 is 29.4 Å². The Balaban J connectivity index is 2.41. The first kappa shape index (κ1) is 22.1. The third kappa shape index (κ3) is 9.39. The lowest BCUT2D eigenvalue weighted by molar-refractivity contribution is -0.151. The number of ether oxygens (including phenoxy) is 1. The molecular weight excluding hydrogens is 350 g/mol. The predicted molar refractivity (Wildman–Crippen MR) is 101 cm³/mol. The summed E-state index contributed by atoms with van der Waals surface area (Å²) in [5.74, 6) is -1.48. The van der Waals surface area contributed by atoms with Crippen LogP contribution in [0, 0.1) is 0 Å². The van der Waals surface area contributed by atoms with E-state index in [0.29, 0.717) is 11.3 Å². The van der Waals surface area contributed by atoms with Crippen LogP contribution in [-0.4, -0.2) is 54.3 Å². The molecule has 0 radical (unpaired) electrons. The number of nitrogens with zero attached hydrogens (tertiary/aromatic N) is 1. The summed E-state index contributed by atoms with van der Waals surface area (Å²) >= 11 is 0. The van der Waals surface area contributed by atoms with Crippen molar-refractivity contribution in [2.45, 2.75) is 39.7 Å². The maximum atomic E-state index is 12.0. The fourth-order valence-corrected chi connectivity index (χ4v) is 2.14. The van der Waals surface area contributed by atoms with Gasteiger partial charge in [-0.15, -0.1) is 0 Å². The van der Waals surface area contributed by atoms with Crippen molar-refractivity contribution in [3.8, 4) is 0 Å². The zero-order valence-corrected chi connectivity index (χ0v) is 16.4. The van der Waals surface area contributed by atoms with Gasteiger partial charge in [-0.2, -0.15) is 0 Å². The summed E-state index contributed by atoms with van der Waals surface area (Å²) in [4.78, 5) is 47.8. The van der Waals surface area contributed by atoms with Gasteiger partial charge in [-0.3, -0.25) is 19.2 Å². The highest BCUT2D eigenvalue weighted by Crippen LogP contribution is 2.10. The normalized spacial score (nSPS) is 10.7. The molecule has 0 aliphatic rings. The number of esters is 1. The molecule has 0 saturated heterocycles. The number of nitrogens with one attached hydrogen (secondary N) is 2. The molecule has 1 rings (SSSR count). The number of carbonyl (C=O) groups is 4. The van der Waals surface area contributed by atoms with Gasteiger partial charge in [0.1, 0.15) is 0 Å². The van der Waals surface area contributed by atoms with Gasteiger partial charge in [0, 0.05) is 25.2 Å². The van der Waals surface area contributed by atoms with E-state index in [1.807, 2.05) is 20.8 Å². The molecule has 0 aliphatic carbocycles.